The first-order valence-corrected chi connectivity index (χ1v) is 4.14. The SMILES string of the molecule is Cc1cc(Cl)cc(C(N)C(=O)O)c1. The molecule has 0 radical (unpaired) electrons. The van der Waals surface area contributed by atoms with Gasteiger partial charge in [0.2, 0.25) is 0 Å². The monoisotopic (exact) mass is 199 g/mol. The molecule has 4 heteroatoms. The van der Waals surface area contributed by atoms with Crippen LogP contribution in [0.15, 0.2) is 18.2 Å². The van der Waals surface area contributed by atoms with E-state index in [1.807, 2.05) is 6.92 Å². The summed E-state index contributed by atoms with van der Waals surface area (Å²) < 4.78 is 0. The van der Waals surface area contributed by atoms with Gasteiger partial charge in [0.15, 0.2) is 0 Å². The Balaban J connectivity index is 3.07. The zero-order chi connectivity index (χ0) is 10.0. The first kappa shape index (κ1) is 10.0. The average Bonchev–Trinajstić information content (AvgIpc) is 2.01. The maximum atomic E-state index is 10.6. The second-order valence-corrected chi connectivity index (χ2v) is 3.31. The van der Waals surface area contributed by atoms with Crippen LogP contribution in [0.5, 0.6) is 0 Å². The van der Waals surface area contributed by atoms with E-state index in [4.69, 9.17) is 22.4 Å². The molecule has 0 bridgehead atoms. The molecule has 1 aromatic rings. The molecule has 0 saturated heterocycles. The fourth-order valence-corrected chi connectivity index (χ4v) is 1.38. The smallest absolute Gasteiger partial charge is 0.325 e. The van der Waals surface area contributed by atoms with E-state index in [0.29, 0.717) is 10.6 Å². The molecule has 0 saturated carbocycles. The molecule has 0 fully saturated rings. The Bertz CT molecular complexity index is 318. The van der Waals surface area contributed by atoms with Gasteiger partial charge in [0.25, 0.3) is 0 Å². The van der Waals surface area contributed by atoms with Crippen LogP contribution >= 0.6 is 11.6 Å². The van der Waals surface area contributed by atoms with E-state index in [9.17, 15) is 4.79 Å². The summed E-state index contributed by atoms with van der Waals surface area (Å²) in [7, 11) is 0. The van der Waals surface area contributed by atoms with Crippen LogP contribution in [0, 0.1) is 6.92 Å². The number of aryl methyl sites for hydroxylation is 1. The summed E-state index contributed by atoms with van der Waals surface area (Å²) in [4.78, 5) is 10.6. The van der Waals surface area contributed by atoms with Crippen LogP contribution in [0.1, 0.15) is 17.2 Å². The molecule has 1 atom stereocenters. The topological polar surface area (TPSA) is 63.3 Å². The fraction of sp³-hybridized carbons (Fsp3) is 0.222. The van der Waals surface area contributed by atoms with E-state index in [-0.39, 0.29) is 0 Å². The highest BCUT2D eigenvalue weighted by Gasteiger charge is 2.14. The Labute approximate surface area is 81.1 Å². The van der Waals surface area contributed by atoms with E-state index in [0.717, 1.165) is 5.56 Å². The van der Waals surface area contributed by atoms with Crippen molar-refractivity contribution in [2.75, 3.05) is 0 Å². The lowest BCUT2D eigenvalue weighted by Gasteiger charge is -2.07. The van der Waals surface area contributed by atoms with Gasteiger partial charge in [-0.1, -0.05) is 17.7 Å². The van der Waals surface area contributed by atoms with Crippen molar-refractivity contribution in [1.82, 2.24) is 0 Å². The molecule has 0 aliphatic heterocycles. The van der Waals surface area contributed by atoms with Gasteiger partial charge in [-0.15, -0.1) is 0 Å². The third-order valence-corrected chi connectivity index (χ3v) is 1.91. The minimum Gasteiger partial charge on any atom is -0.480 e. The number of halogens is 1. The minimum atomic E-state index is -1.05. The van der Waals surface area contributed by atoms with Gasteiger partial charge in [-0.3, -0.25) is 4.79 Å². The number of carboxylic acids is 1. The van der Waals surface area contributed by atoms with Gasteiger partial charge >= 0.3 is 5.97 Å². The van der Waals surface area contributed by atoms with Crippen molar-refractivity contribution < 1.29 is 9.90 Å². The molecule has 0 aromatic heterocycles. The molecule has 0 amide bonds. The summed E-state index contributed by atoms with van der Waals surface area (Å²) in [5.74, 6) is -1.05. The van der Waals surface area contributed by atoms with Crippen molar-refractivity contribution in [1.29, 1.82) is 0 Å². The number of hydrogen-bond donors (Lipinski definition) is 2. The molecular formula is C9H10ClNO2. The molecule has 3 nitrogen and oxygen atoms in total. The number of carboxylic acid groups (broad SMARTS) is 1. The normalized spacial score (nSPS) is 12.5. The van der Waals surface area contributed by atoms with E-state index < -0.39 is 12.0 Å². The molecule has 1 rings (SSSR count). The van der Waals surface area contributed by atoms with E-state index in [1.54, 1.807) is 18.2 Å². The molecule has 0 aliphatic carbocycles. The van der Waals surface area contributed by atoms with E-state index in [1.165, 1.54) is 0 Å². The van der Waals surface area contributed by atoms with Crippen molar-refractivity contribution in [3.8, 4) is 0 Å². The number of aliphatic carboxylic acids is 1. The van der Waals surface area contributed by atoms with Crippen molar-refractivity contribution in [3.63, 3.8) is 0 Å². The summed E-state index contributed by atoms with van der Waals surface area (Å²) in [5, 5.41) is 9.16. The zero-order valence-corrected chi connectivity index (χ0v) is 7.88. The summed E-state index contributed by atoms with van der Waals surface area (Å²) >= 11 is 5.75. The van der Waals surface area contributed by atoms with Crippen LogP contribution in [0.2, 0.25) is 5.02 Å². The lowest BCUT2D eigenvalue weighted by molar-refractivity contribution is -0.138. The summed E-state index contributed by atoms with van der Waals surface area (Å²) in [5.41, 5.74) is 6.84. The first-order chi connectivity index (χ1) is 6.00. The van der Waals surface area contributed by atoms with Gasteiger partial charge in [-0.25, -0.2) is 0 Å². The number of rotatable bonds is 2. The largest absolute Gasteiger partial charge is 0.480 e. The highest BCUT2D eigenvalue weighted by atomic mass is 35.5. The summed E-state index contributed by atoms with van der Waals surface area (Å²) in [6.45, 7) is 1.84. The lowest BCUT2D eigenvalue weighted by Crippen LogP contribution is -2.20. The quantitative estimate of drug-likeness (QED) is 0.763. The predicted molar refractivity (Wildman–Crippen MR) is 50.8 cm³/mol. The molecule has 13 heavy (non-hydrogen) atoms. The van der Waals surface area contributed by atoms with Crippen LogP contribution in [0.3, 0.4) is 0 Å². The van der Waals surface area contributed by atoms with E-state index >= 15 is 0 Å². The second-order valence-electron chi connectivity index (χ2n) is 2.88. The van der Waals surface area contributed by atoms with Crippen LogP contribution < -0.4 is 5.73 Å². The van der Waals surface area contributed by atoms with Gasteiger partial charge in [0.05, 0.1) is 0 Å². The van der Waals surface area contributed by atoms with Gasteiger partial charge in [-0.05, 0) is 30.2 Å². The second kappa shape index (κ2) is 3.77. The third kappa shape index (κ3) is 2.44. The highest BCUT2D eigenvalue weighted by molar-refractivity contribution is 6.30. The zero-order valence-electron chi connectivity index (χ0n) is 7.12. The Morgan fingerprint density at radius 2 is 2.15 bits per heavy atom. The molecule has 0 spiro atoms. The van der Waals surface area contributed by atoms with Crippen molar-refractivity contribution in [2.24, 2.45) is 5.73 Å². The Morgan fingerprint density at radius 3 is 2.62 bits per heavy atom. The van der Waals surface area contributed by atoms with Crippen molar-refractivity contribution in [3.05, 3.63) is 34.3 Å². The van der Waals surface area contributed by atoms with Gasteiger partial charge < -0.3 is 10.8 Å². The molecule has 0 aliphatic rings. The van der Waals surface area contributed by atoms with Crippen molar-refractivity contribution >= 4 is 17.6 Å². The van der Waals surface area contributed by atoms with E-state index in [2.05, 4.69) is 0 Å². The van der Waals surface area contributed by atoms with Crippen LogP contribution in [0.25, 0.3) is 0 Å². The predicted octanol–water partition coefficient (Wildman–Crippen LogP) is 1.73. The highest BCUT2D eigenvalue weighted by Crippen LogP contribution is 2.18. The maximum absolute atomic E-state index is 10.6. The van der Waals surface area contributed by atoms with Gasteiger partial charge in [0, 0.05) is 5.02 Å². The number of carbonyl (C=O) groups is 1. The molecule has 70 valence electrons. The Hall–Kier alpha value is -1.06. The molecule has 1 unspecified atom stereocenters. The molecule has 3 N–H and O–H groups in total. The number of nitrogens with two attached hydrogens (primary N) is 1. The minimum absolute atomic E-state index is 0.506. The van der Waals surface area contributed by atoms with Gasteiger partial charge in [0.1, 0.15) is 6.04 Å². The standard InChI is InChI=1S/C9H10ClNO2/c1-5-2-6(4-7(10)3-5)8(11)9(12)13/h2-4,8H,11H2,1H3,(H,12,13). The number of benzene rings is 1. The Kier molecular flexibility index (Phi) is 2.90. The third-order valence-electron chi connectivity index (χ3n) is 1.69. The van der Waals surface area contributed by atoms with Crippen LogP contribution in [-0.2, 0) is 4.79 Å². The van der Waals surface area contributed by atoms with Gasteiger partial charge in [-0.2, -0.15) is 0 Å². The van der Waals surface area contributed by atoms with Crippen LogP contribution in [-0.4, -0.2) is 11.1 Å². The fourth-order valence-electron chi connectivity index (χ4n) is 1.09. The molecule has 1 aromatic carbocycles. The lowest BCUT2D eigenvalue weighted by atomic mass is 10.1. The summed E-state index contributed by atoms with van der Waals surface area (Å²) in [6.07, 6.45) is 0. The summed E-state index contributed by atoms with van der Waals surface area (Å²) in [6, 6.07) is 4.02. The van der Waals surface area contributed by atoms with Crippen molar-refractivity contribution in [2.45, 2.75) is 13.0 Å². The number of hydrogen-bond acceptors (Lipinski definition) is 2. The first-order valence-electron chi connectivity index (χ1n) is 3.76. The molecular weight excluding hydrogens is 190 g/mol. The van der Waals surface area contributed by atoms with Crippen LogP contribution in [0.4, 0.5) is 0 Å². The molecule has 0 heterocycles. The average molecular weight is 200 g/mol. The Morgan fingerprint density at radius 1 is 1.54 bits per heavy atom. The maximum Gasteiger partial charge on any atom is 0.325 e.